The minimum Gasteiger partial charge on any atom is -0.370 e. The largest absolute Gasteiger partial charge is 0.370 e. The molecule has 84 heavy (non-hydrogen) atoms. The van der Waals surface area contributed by atoms with Crippen molar-refractivity contribution in [2.75, 3.05) is 13.1 Å². The van der Waals surface area contributed by atoms with Crippen LogP contribution in [0.1, 0.15) is 146 Å². The summed E-state index contributed by atoms with van der Waals surface area (Å²) >= 11 is 0. The number of unbranched alkanes of at least 4 members (excludes halogenated alkanes) is 7. The highest BCUT2D eigenvalue weighted by Gasteiger charge is 2.35. The van der Waals surface area contributed by atoms with Gasteiger partial charge in [-0.05, 0) is 80.2 Å². The fourth-order valence-corrected chi connectivity index (χ4v) is 9.99. The number of aromatic nitrogens is 2. The Kier molecular flexibility index (Phi) is 28.7. The monoisotopic (exact) mass is 1160 g/mol. The molecular weight excluding hydrogens is 1070 g/mol. The molecule has 1 saturated heterocycles. The first-order chi connectivity index (χ1) is 40.5. The first-order valence-corrected chi connectivity index (χ1v) is 29.8. The summed E-state index contributed by atoms with van der Waals surface area (Å²) in [5, 5.41) is 33.6. The van der Waals surface area contributed by atoms with Crippen molar-refractivity contribution in [3.05, 3.63) is 102 Å². The zero-order chi connectivity index (χ0) is 60.6. The first-order valence-electron chi connectivity index (χ1n) is 29.8. The van der Waals surface area contributed by atoms with E-state index in [1.807, 2.05) is 31.2 Å². The van der Waals surface area contributed by atoms with E-state index in [0.29, 0.717) is 48.8 Å². The van der Waals surface area contributed by atoms with Gasteiger partial charge in [-0.2, -0.15) is 0 Å². The molecule has 0 bridgehead atoms. The number of aromatic amines is 1. The average Bonchev–Trinajstić information content (AvgIpc) is 3.94. The predicted molar refractivity (Wildman–Crippen MR) is 320 cm³/mol. The molecule has 0 radical (unpaired) electrons. The molecule has 0 spiro atoms. The highest BCUT2D eigenvalue weighted by atomic mass is 16.2. The second kappa shape index (κ2) is 36.3. The lowest BCUT2D eigenvalue weighted by atomic mass is 10.0. The van der Waals surface area contributed by atoms with Gasteiger partial charge in [0.2, 0.25) is 53.2 Å². The second-order valence-corrected chi connectivity index (χ2v) is 21.6. The molecule has 1 aliphatic heterocycles. The molecule has 5 rings (SSSR count). The molecule has 23 heteroatoms. The number of fused-ring (bicyclic) bond motifs is 1. The van der Waals surface area contributed by atoms with Crippen molar-refractivity contribution in [2.45, 2.75) is 191 Å². The van der Waals surface area contributed by atoms with Gasteiger partial charge in [-0.25, -0.2) is 0 Å². The molecule has 0 aliphatic carbocycles. The van der Waals surface area contributed by atoms with Crippen molar-refractivity contribution in [2.24, 2.45) is 11.5 Å². The lowest BCUT2D eigenvalue weighted by molar-refractivity contribution is -0.136. The Bertz CT molecular complexity index is 2780. The summed E-state index contributed by atoms with van der Waals surface area (Å²) in [6, 6.07) is 10.5. The number of para-hydroxylation sites is 1. The molecule has 15 N–H and O–H groups in total. The van der Waals surface area contributed by atoms with Gasteiger partial charge in [-0.1, -0.05) is 120 Å². The van der Waals surface area contributed by atoms with E-state index in [4.69, 9.17) is 16.9 Å². The van der Waals surface area contributed by atoms with Crippen LogP contribution in [0.4, 0.5) is 0 Å². The third-order valence-electron chi connectivity index (χ3n) is 14.8. The summed E-state index contributed by atoms with van der Waals surface area (Å²) in [7, 11) is 0. The minimum atomic E-state index is -1.41. The van der Waals surface area contributed by atoms with Gasteiger partial charge in [0.15, 0.2) is 5.96 Å². The number of guanidine groups is 1. The SMILES string of the molecule is CCCCCCCCCC(=O)N[C@@H](CCCC)C(=O)N[C@H]1CCC(=O)NCCCC[C@@H](C(N)=O)NC(=O)[C@H](Cc2c[nH]c3ccccc23)NC(=O)[C@H](CCCNC(=N)N)NC(=O)[C@@H](Cc2ccccc2)NC(=O)[C@H](Cc2cccnc2)NC1=O. The second-order valence-electron chi connectivity index (χ2n) is 21.6. The summed E-state index contributed by atoms with van der Waals surface area (Å²) in [5.74, 6) is -6.51. The van der Waals surface area contributed by atoms with Crippen molar-refractivity contribution < 1.29 is 43.2 Å². The number of H-pyrrole nitrogens is 1. The fourth-order valence-electron chi connectivity index (χ4n) is 9.99. The summed E-state index contributed by atoms with van der Waals surface area (Å²) < 4.78 is 0. The minimum absolute atomic E-state index is 0.0410. The molecule has 2 aromatic heterocycles. The normalized spacial score (nSPS) is 20.3. The molecule has 9 amide bonds. The molecule has 1 fully saturated rings. The molecule has 0 unspecified atom stereocenters. The van der Waals surface area contributed by atoms with E-state index < -0.39 is 89.6 Å². The van der Waals surface area contributed by atoms with Crippen LogP contribution >= 0.6 is 0 Å². The van der Waals surface area contributed by atoms with Gasteiger partial charge in [0.05, 0.1) is 0 Å². The van der Waals surface area contributed by atoms with Crippen LogP contribution in [-0.2, 0) is 62.4 Å². The summed E-state index contributed by atoms with van der Waals surface area (Å²) in [4.78, 5) is 135. The first kappa shape index (κ1) is 66.4. The molecule has 0 saturated carbocycles. The number of nitrogens with zero attached hydrogens (tertiary/aromatic N) is 1. The van der Waals surface area contributed by atoms with Crippen LogP contribution in [-0.4, -0.2) is 124 Å². The van der Waals surface area contributed by atoms with Gasteiger partial charge in [-0.15, -0.1) is 0 Å². The number of carbonyl (C=O) groups excluding carboxylic acids is 9. The van der Waals surface area contributed by atoms with Crippen LogP contribution in [0.3, 0.4) is 0 Å². The van der Waals surface area contributed by atoms with E-state index in [1.54, 1.807) is 54.9 Å². The third kappa shape index (κ3) is 23.5. The maximum absolute atomic E-state index is 14.9. The van der Waals surface area contributed by atoms with Crippen molar-refractivity contribution in [1.29, 1.82) is 5.41 Å². The van der Waals surface area contributed by atoms with Crippen LogP contribution in [0.5, 0.6) is 0 Å². The number of hydrogen-bond donors (Lipinski definition) is 13. The Balaban J connectivity index is 1.51. The van der Waals surface area contributed by atoms with Gasteiger partial charge >= 0.3 is 0 Å². The lowest BCUT2D eigenvalue weighted by Crippen LogP contribution is -2.61. The van der Waals surface area contributed by atoms with E-state index in [2.05, 4.69) is 64.7 Å². The number of nitrogens with two attached hydrogens (primary N) is 2. The van der Waals surface area contributed by atoms with Crippen LogP contribution in [0.15, 0.2) is 85.3 Å². The fraction of sp³-hybridized carbons (Fsp3) is 0.525. The topological polar surface area (TPSA) is 366 Å². The van der Waals surface area contributed by atoms with Gasteiger partial charge in [0.1, 0.15) is 42.3 Å². The Labute approximate surface area is 492 Å². The van der Waals surface area contributed by atoms with Gasteiger partial charge in [-0.3, -0.25) is 53.5 Å². The van der Waals surface area contributed by atoms with Gasteiger partial charge in [0.25, 0.3) is 0 Å². The Morgan fingerprint density at radius 2 is 1.29 bits per heavy atom. The lowest BCUT2D eigenvalue weighted by Gasteiger charge is -2.28. The van der Waals surface area contributed by atoms with E-state index in [0.717, 1.165) is 49.4 Å². The van der Waals surface area contributed by atoms with E-state index >= 15 is 0 Å². The highest BCUT2D eigenvalue weighted by Crippen LogP contribution is 2.20. The number of amides is 9. The van der Waals surface area contributed by atoms with Crippen molar-refractivity contribution in [1.82, 2.24) is 57.8 Å². The van der Waals surface area contributed by atoms with Gasteiger partial charge in [0, 0.05) is 74.7 Å². The number of rotatable bonds is 25. The zero-order valence-electron chi connectivity index (χ0n) is 48.7. The van der Waals surface area contributed by atoms with Crippen LogP contribution in [0.25, 0.3) is 10.9 Å². The zero-order valence-corrected chi connectivity index (χ0v) is 48.7. The molecule has 1 aliphatic rings. The van der Waals surface area contributed by atoms with E-state index in [9.17, 15) is 43.2 Å². The standard InChI is InChI=1S/C61H88N14O9/c1-3-5-7-8-9-10-14-29-53(77)69-46(25-6-4-2)55(79)72-48-30-31-52(76)66-33-18-17-27-45(54(62)78)70-60(84)51(37-42-39-68-44-26-16-15-24-43(42)44)75-56(80)47(28-20-34-67-61(63)64)71-58(82)49(35-40-21-12-11-13-22-40)74-59(83)50(73-57(48)81)36-41-23-19-32-65-38-41/h11-13,15-16,19,21-24,26,32,38-39,45-51,68H,3-10,14,17-18,20,25,27-31,33-37H2,1-2H3,(H2,62,78)(H,66,76)(H,69,77)(H,70,84)(H,71,82)(H,72,79)(H,73,81)(H,74,83)(H,75,80)(H4,63,64,67)/t45-,46-,47-,48-,49+,50-,51-/m0/s1. The van der Waals surface area contributed by atoms with Crippen LogP contribution in [0, 0.1) is 5.41 Å². The Hall–Kier alpha value is -8.37. The van der Waals surface area contributed by atoms with Crippen molar-refractivity contribution in [3.8, 4) is 0 Å². The average molecular weight is 1160 g/mol. The van der Waals surface area contributed by atoms with Gasteiger partial charge < -0.3 is 64.3 Å². The van der Waals surface area contributed by atoms with Crippen molar-refractivity contribution >= 4 is 70.0 Å². The summed E-state index contributed by atoms with van der Waals surface area (Å²) in [6.07, 6.45) is 13.7. The number of pyridine rings is 1. The summed E-state index contributed by atoms with van der Waals surface area (Å²) in [5.41, 5.74) is 14.0. The maximum Gasteiger partial charge on any atom is 0.243 e. The molecule has 3 heterocycles. The van der Waals surface area contributed by atoms with Crippen molar-refractivity contribution in [3.63, 3.8) is 0 Å². The molecule has 23 nitrogen and oxygen atoms in total. The number of hydrogen-bond acceptors (Lipinski definition) is 11. The quantitative estimate of drug-likeness (QED) is 0.0259. The molecule has 7 atom stereocenters. The highest BCUT2D eigenvalue weighted by molar-refractivity contribution is 5.98. The molecule has 2 aromatic carbocycles. The van der Waals surface area contributed by atoms with E-state index in [1.165, 1.54) is 6.20 Å². The molecule has 456 valence electrons. The molecular formula is C61H88N14O9. The van der Waals surface area contributed by atoms with Crippen LogP contribution < -0.4 is 59.3 Å². The number of carbonyl (C=O) groups is 9. The summed E-state index contributed by atoms with van der Waals surface area (Å²) in [6.45, 7) is 4.37. The third-order valence-corrected chi connectivity index (χ3v) is 14.8. The predicted octanol–water partition coefficient (Wildman–Crippen LogP) is 3.14. The number of benzene rings is 2. The molecule has 4 aromatic rings. The Morgan fingerprint density at radius 3 is 1.98 bits per heavy atom. The Morgan fingerprint density at radius 1 is 0.667 bits per heavy atom. The maximum atomic E-state index is 14.9. The van der Waals surface area contributed by atoms with E-state index in [-0.39, 0.29) is 89.2 Å². The number of primary amides is 1. The number of nitrogens with one attached hydrogen (secondary N) is 11. The van der Waals surface area contributed by atoms with Crippen LogP contribution in [0.2, 0.25) is 0 Å². The smallest absolute Gasteiger partial charge is 0.243 e.